The zero-order chi connectivity index (χ0) is 87.5. The third-order valence-corrected chi connectivity index (χ3v) is 25.2. The van der Waals surface area contributed by atoms with Crippen LogP contribution in [-0.2, 0) is 0 Å². The molecule has 6 heterocycles. The summed E-state index contributed by atoms with van der Waals surface area (Å²) in [5.41, 5.74) is 24.0. The van der Waals surface area contributed by atoms with Crippen LogP contribution in [0, 0.1) is 0 Å². The summed E-state index contributed by atoms with van der Waals surface area (Å²) in [5, 5.41) is 21.9. The van der Waals surface area contributed by atoms with Crippen LogP contribution in [0.4, 0.5) is 17.1 Å². The summed E-state index contributed by atoms with van der Waals surface area (Å²) < 4.78 is 53.2. The maximum absolute atomic E-state index is 8.87. The number of nitrogens with zero attached hydrogens (tertiary/aromatic N) is 6. The Kier molecular flexibility index (Phi) is 16.9. The molecule has 0 aliphatic rings. The van der Waals surface area contributed by atoms with E-state index >= 15 is 0 Å². The average molecular weight is 1630 g/mol. The van der Waals surface area contributed by atoms with Crippen molar-refractivity contribution in [2.45, 2.75) is 0 Å². The molecule has 0 bridgehead atoms. The number of pyridine rings is 2. The monoisotopic (exact) mass is 1630 g/mol. The average Bonchev–Trinajstić information content (AvgIpc) is 1.61. The van der Waals surface area contributed by atoms with Crippen molar-refractivity contribution in [2.24, 2.45) is 0 Å². The lowest BCUT2D eigenvalue weighted by molar-refractivity contribution is 0.415. The van der Waals surface area contributed by atoms with Gasteiger partial charge < -0.3 is 27.8 Å². The molecular formula is C119H78N6O2. The second kappa shape index (κ2) is 30.9. The molecule has 6 aromatic heterocycles. The Morgan fingerprint density at radius 1 is 0.260 bits per heavy atom. The lowest BCUT2D eigenvalue weighted by Crippen LogP contribution is -2.09. The molecule has 8 heteroatoms. The highest BCUT2D eigenvalue weighted by molar-refractivity contribution is 6.26. The Labute approximate surface area is 737 Å². The number of ether oxygens (including phenoxy) is 1. The van der Waals surface area contributed by atoms with E-state index in [0.29, 0.717) is 10.8 Å². The van der Waals surface area contributed by atoms with Crippen LogP contribution in [0.5, 0.6) is 5.75 Å². The molecule has 0 atom stereocenters. The molecular weight excluding hydrogens is 1550 g/mol. The standard InChI is InChI=1S/C45H32N2O.C43H26N2O.C31H20N2/c1-48-37-24-21-31(22-25-37)40-27-32-28-45-43(39-19-11-12-20-44(39)47(45)35-17-9-4-10-18-35)30-41(32)38-26-23-36(29-42(38)40)46(33-13-5-2-6-14-33)34-15-7-3-8-16-34;1-2-11-30(12-3-1)45-39-17-6-4-13-32(39)37-25-35-29(24-40(37)45)23-36(43-31(15-8-16-34(35)43)28-10-9-21-44-26-28)27-19-20-42-38(22-27)33-14-5-7-18-41(33)46-42;1-2-10-23(11-3-1)33-30-15-7-6-14-26(30)29-19-28-22(18-31(29)33)17-27(21-9-8-16-32-20-21)24-12-4-5-13-25(24)28/h2-30H,1H3;1-26H;1-20H/i;;4D,5D,12D,13D. The molecule has 0 saturated heterocycles. The summed E-state index contributed by atoms with van der Waals surface area (Å²) >= 11 is 0. The number of methoxy groups -OCH3 is 1. The minimum absolute atomic E-state index is 0.0297. The van der Waals surface area contributed by atoms with E-state index in [0.717, 1.165) is 122 Å². The molecule has 0 fully saturated rings. The van der Waals surface area contributed by atoms with Crippen LogP contribution in [0.25, 0.3) is 214 Å². The maximum Gasteiger partial charge on any atom is 0.135 e. The Morgan fingerprint density at radius 2 is 0.693 bits per heavy atom. The van der Waals surface area contributed by atoms with E-state index in [1.807, 2.05) is 91.3 Å². The summed E-state index contributed by atoms with van der Waals surface area (Å²) in [4.78, 5) is 11.1. The van der Waals surface area contributed by atoms with Crippen molar-refractivity contribution in [2.75, 3.05) is 12.0 Å². The molecule has 0 amide bonds. The maximum atomic E-state index is 8.87. The van der Waals surface area contributed by atoms with Crippen LogP contribution in [0.2, 0.25) is 0 Å². The fourth-order valence-corrected chi connectivity index (χ4v) is 19.5. The number of aromatic nitrogens is 5. The molecule has 0 aliphatic heterocycles. The van der Waals surface area contributed by atoms with Gasteiger partial charge in [-0.3, -0.25) is 9.97 Å². The second-order valence-corrected chi connectivity index (χ2v) is 32.3. The van der Waals surface area contributed by atoms with Gasteiger partial charge in [0.2, 0.25) is 0 Å². The first-order valence-electron chi connectivity index (χ1n) is 44.8. The summed E-state index contributed by atoms with van der Waals surface area (Å²) in [7, 11) is 1.71. The SMILES string of the molecule is COc1ccc(-c2cc3cc4c(cc3c3ccc(N(c5ccccc5)c5ccccc5)cc23)c2ccccc2n4-c2ccccc2)cc1.[2H]c1c([2H])c([2H])c2c(c(-c3cccnc3)cc3cc4c(cc32)c2ccccc2n4-c2ccccc2)c1[2H].c1ccc(-n2c3ccccc3c3cc4c(cc(-c5ccc6oc7ccccc7c6c5)c5c(-c6cccnc6)cccc54)cc32)cc1. The number of benzene rings is 20. The molecule has 596 valence electrons. The highest BCUT2D eigenvalue weighted by Crippen LogP contribution is 2.49. The Hall–Kier alpha value is -16.9. The van der Waals surface area contributed by atoms with Gasteiger partial charge in [-0.05, 0) is 286 Å². The molecule has 127 heavy (non-hydrogen) atoms. The van der Waals surface area contributed by atoms with E-state index in [2.05, 4.69) is 356 Å². The molecule has 0 spiro atoms. The number of furan rings is 1. The van der Waals surface area contributed by atoms with Gasteiger partial charge in [0.25, 0.3) is 0 Å². The minimum Gasteiger partial charge on any atom is -0.497 e. The van der Waals surface area contributed by atoms with E-state index in [1.165, 1.54) is 103 Å². The van der Waals surface area contributed by atoms with Gasteiger partial charge in [0, 0.05) is 113 Å². The number of rotatable bonds is 11. The molecule has 0 aliphatic carbocycles. The van der Waals surface area contributed by atoms with Crippen LogP contribution in [0.1, 0.15) is 5.48 Å². The number of fused-ring (bicyclic) bond motifs is 21. The van der Waals surface area contributed by atoms with E-state index in [-0.39, 0.29) is 24.2 Å². The lowest BCUT2D eigenvalue weighted by atomic mass is 9.88. The van der Waals surface area contributed by atoms with Crippen molar-refractivity contribution < 1.29 is 14.6 Å². The highest BCUT2D eigenvalue weighted by Gasteiger charge is 2.24. The quantitative estimate of drug-likeness (QED) is 0.121. The van der Waals surface area contributed by atoms with Gasteiger partial charge in [-0.1, -0.05) is 243 Å². The van der Waals surface area contributed by atoms with E-state index in [4.69, 9.17) is 14.6 Å². The molecule has 20 aromatic carbocycles. The first-order valence-corrected chi connectivity index (χ1v) is 42.8. The number of hydrogen-bond donors (Lipinski definition) is 0. The Morgan fingerprint density at radius 3 is 1.21 bits per heavy atom. The lowest BCUT2D eigenvalue weighted by Gasteiger charge is -2.26. The van der Waals surface area contributed by atoms with E-state index in [9.17, 15) is 0 Å². The number of para-hydroxylation sites is 9. The summed E-state index contributed by atoms with van der Waals surface area (Å²) in [6.45, 7) is 0. The van der Waals surface area contributed by atoms with Crippen molar-refractivity contribution in [1.29, 1.82) is 0 Å². The predicted octanol–water partition coefficient (Wildman–Crippen LogP) is 32.1. The van der Waals surface area contributed by atoms with Gasteiger partial charge in [0.1, 0.15) is 16.9 Å². The van der Waals surface area contributed by atoms with Crippen LogP contribution in [0.3, 0.4) is 0 Å². The van der Waals surface area contributed by atoms with Crippen molar-refractivity contribution in [1.82, 2.24) is 23.7 Å². The number of hydrogen-bond acceptors (Lipinski definition) is 5. The van der Waals surface area contributed by atoms with Crippen LogP contribution in [0.15, 0.2) is 460 Å². The van der Waals surface area contributed by atoms with Gasteiger partial charge >= 0.3 is 0 Å². The molecule has 26 aromatic rings. The molecule has 8 nitrogen and oxygen atoms in total. The largest absolute Gasteiger partial charge is 0.497 e. The van der Waals surface area contributed by atoms with Crippen LogP contribution >= 0.6 is 0 Å². The fraction of sp³-hybridized carbons (Fsp3) is 0.00840. The molecule has 0 N–H and O–H groups in total. The number of anilines is 3. The zero-order valence-corrected chi connectivity index (χ0v) is 69.0. The third-order valence-electron chi connectivity index (χ3n) is 25.2. The van der Waals surface area contributed by atoms with Gasteiger partial charge in [-0.25, -0.2) is 0 Å². The van der Waals surface area contributed by atoms with Gasteiger partial charge in [-0.2, -0.15) is 0 Å². The fourth-order valence-electron chi connectivity index (χ4n) is 19.5. The topological polar surface area (TPSA) is 66.2 Å². The summed E-state index contributed by atoms with van der Waals surface area (Å²) in [5.74, 6) is 0.845. The van der Waals surface area contributed by atoms with Gasteiger partial charge in [0.05, 0.1) is 45.7 Å². The molecule has 26 rings (SSSR count). The molecule has 0 unspecified atom stereocenters. The van der Waals surface area contributed by atoms with Gasteiger partial charge in [-0.15, -0.1) is 0 Å². The second-order valence-electron chi connectivity index (χ2n) is 32.3. The van der Waals surface area contributed by atoms with Gasteiger partial charge in [0.15, 0.2) is 0 Å². The van der Waals surface area contributed by atoms with E-state index < -0.39 is 0 Å². The molecule has 0 radical (unpaired) electrons. The summed E-state index contributed by atoms with van der Waals surface area (Å²) in [6, 6.07) is 143. The Balaban J connectivity index is 0.000000110. The Bertz CT molecular complexity index is 9000. The van der Waals surface area contributed by atoms with E-state index in [1.54, 1.807) is 19.5 Å². The normalized spacial score (nSPS) is 12.1. The first kappa shape index (κ1) is 69.7. The first-order chi connectivity index (χ1) is 64.6. The van der Waals surface area contributed by atoms with Crippen molar-refractivity contribution in [3.05, 3.63) is 455 Å². The minimum atomic E-state index is -0.233. The predicted molar refractivity (Wildman–Crippen MR) is 533 cm³/mol. The third kappa shape index (κ3) is 12.7. The zero-order valence-electron chi connectivity index (χ0n) is 73.0. The van der Waals surface area contributed by atoms with Crippen molar-refractivity contribution in [3.8, 4) is 67.3 Å². The molecule has 0 saturated carbocycles. The van der Waals surface area contributed by atoms with Crippen molar-refractivity contribution in [3.63, 3.8) is 0 Å². The smallest absolute Gasteiger partial charge is 0.135 e. The van der Waals surface area contributed by atoms with Crippen LogP contribution < -0.4 is 9.64 Å². The van der Waals surface area contributed by atoms with Crippen molar-refractivity contribution >= 4 is 169 Å². The summed E-state index contributed by atoms with van der Waals surface area (Å²) in [6.07, 6.45) is 7.24. The van der Waals surface area contributed by atoms with Crippen LogP contribution in [-0.4, -0.2) is 30.8 Å². The highest BCUT2D eigenvalue weighted by atomic mass is 16.5.